The fourth-order valence-electron chi connectivity index (χ4n) is 3.74. The van der Waals surface area contributed by atoms with Gasteiger partial charge < -0.3 is 32.5 Å². The average Bonchev–Trinajstić information content (AvgIpc) is 3.05. The first-order chi connectivity index (χ1) is 24.1. The number of hydrogen-bond acceptors (Lipinski definition) is 9. The Hall–Kier alpha value is -2.26. The first kappa shape index (κ1) is 49.7. The standard InChI is InChI=1S/C19H32O4Si.C13H21ClOSi.C8H16O4/c1-8-21-18(22-9-2)17(20)14-15-10-12-16(13-11-15)23-24(6,7)19(3,4)5;1-13(2,3)16(4,5)15-12-8-6-11(10-14)7-9-12;1-4-10-7(9)8(11-5-2)12-6-3/h10-13,18H,8-9,14H2,1-7H3;6-9H,10H2,1-5H3;8H,4-6H2,1-3H3. The number of rotatable bonds is 18. The molecular formula is C40H69ClO9Si2. The summed E-state index contributed by atoms with van der Waals surface area (Å²) in [5.41, 5.74) is 2.07. The maximum absolute atomic E-state index is 12.3. The third kappa shape index (κ3) is 18.7. The van der Waals surface area contributed by atoms with E-state index < -0.39 is 35.2 Å². The van der Waals surface area contributed by atoms with Gasteiger partial charge >= 0.3 is 5.97 Å². The van der Waals surface area contributed by atoms with Crippen LogP contribution in [0.1, 0.15) is 87.3 Å². The number of carbonyl (C=O) groups is 2. The Bertz CT molecular complexity index is 1260. The van der Waals surface area contributed by atoms with Gasteiger partial charge in [-0.05, 0) is 106 Å². The Morgan fingerprint density at radius 1 is 0.577 bits per heavy atom. The number of alkyl halides is 1. The summed E-state index contributed by atoms with van der Waals surface area (Å²) in [6.45, 7) is 33.5. The minimum atomic E-state index is -1.84. The number of esters is 1. The van der Waals surface area contributed by atoms with E-state index in [0.717, 1.165) is 22.6 Å². The van der Waals surface area contributed by atoms with E-state index >= 15 is 0 Å². The van der Waals surface area contributed by atoms with E-state index in [1.165, 1.54) is 0 Å². The summed E-state index contributed by atoms with van der Waals surface area (Å²) >= 11 is 5.75. The van der Waals surface area contributed by atoms with Gasteiger partial charge in [-0.15, -0.1) is 11.6 Å². The van der Waals surface area contributed by atoms with Gasteiger partial charge in [0, 0.05) is 38.7 Å². The first-order valence-corrected chi connectivity index (χ1v) is 24.7. The predicted octanol–water partition coefficient (Wildman–Crippen LogP) is 10.3. The van der Waals surface area contributed by atoms with Gasteiger partial charge in [-0.25, -0.2) is 4.79 Å². The molecule has 0 spiro atoms. The van der Waals surface area contributed by atoms with Crippen molar-refractivity contribution in [2.45, 2.75) is 137 Å². The van der Waals surface area contributed by atoms with Crippen LogP contribution < -0.4 is 8.85 Å². The normalized spacial score (nSPS) is 12.0. The number of hydrogen-bond donors (Lipinski definition) is 0. The zero-order chi connectivity index (χ0) is 40.2. The molecule has 0 bridgehead atoms. The zero-order valence-electron chi connectivity index (χ0n) is 34.8. The van der Waals surface area contributed by atoms with Crippen LogP contribution in [0.15, 0.2) is 48.5 Å². The summed E-state index contributed by atoms with van der Waals surface area (Å²) in [5.74, 6) is 1.86. The summed E-state index contributed by atoms with van der Waals surface area (Å²) in [7, 11) is -3.55. The van der Waals surface area contributed by atoms with Crippen LogP contribution in [0.2, 0.25) is 36.3 Å². The van der Waals surface area contributed by atoms with Crippen LogP contribution in [0.25, 0.3) is 0 Å². The summed E-state index contributed by atoms with van der Waals surface area (Å²) in [6, 6.07) is 15.8. The molecule has 0 heterocycles. The van der Waals surface area contributed by atoms with Gasteiger partial charge in [0.15, 0.2) is 5.78 Å². The maximum Gasteiger partial charge on any atom is 0.363 e. The second kappa shape index (κ2) is 24.2. The fraction of sp³-hybridized carbons (Fsp3) is 0.650. The van der Waals surface area contributed by atoms with Crippen molar-refractivity contribution in [2.24, 2.45) is 0 Å². The number of halogens is 1. The average molecular weight is 786 g/mol. The van der Waals surface area contributed by atoms with Crippen LogP contribution in [0, 0.1) is 0 Å². The van der Waals surface area contributed by atoms with Crippen LogP contribution in [-0.2, 0) is 45.6 Å². The molecule has 2 aromatic rings. The number of ether oxygens (including phenoxy) is 5. The van der Waals surface area contributed by atoms with Crippen LogP contribution in [0.4, 0.5) is 0 Å². The van der Waals surface area contributed by atoms with Crippen LogP contribution in [0.3, 0.4) is 0 Å². The molecule has 2 rings (SSSR count). The number of benzene rings is 2. The number of carbonyl (C=O) groups excluding carboxylic acids is 2. The molecule has 0 saturated heterocycles. The molecule has 0 amide bonds. The van der Waals surface area contributed by atoms with Crippen molar-refractivity contribution in [1.82, 2.24) is 0 Å². The van der Waals surface area contributed by atoms with Gasteiger partial charge in [-0.1, -0.05) is 65.8 Å². The Morgan fingerprint density at radius 3 is 1.23 bits per heavy atom. The van der Waals surface area contributed by atoms with Gasteiger partial charge in [0.25, 0.3) is 6.29 Å². The summed E-state index contributed by atoms with van der Waals surface area (Å²) in [5, 5.41) is 0.391. The Kier molecular flexibility index (Phi) is 23.2. The fourth-order valence-corrected chi connectivity index (χ4v) is 5.98. The van der Waals surface area contributed by atoms with E-state index in [1.54, 1.807) is 20.8 Å². The van der Waals surface area contributed by atoms with Crippen molar-refractivity contribution in [3.63, 3.8) is 0 Å². The lowest BCUT2D eigenvalue weighted by molar-refractivity contribution is -0.192. The lowest BCUT2D eigenvalue weighted by Gasteiger charge is -2.36. The van der Waals surface area contributed by atoms with Gasteiger partial charge in [-0.2, -0.15) is 0 Å². The van der Waals surface area contributed by atoms with Crippen LogP contribution in [-0.4, -0.2) is 74.0 Å². The molecule has 0 N–H and O–H groups in total. The minimum absolute atomic E-state index is 0.0586. The third-order valence-corrected chi connectivity index (χ3v) is 17.8. The lowest BCUT2D eigenvalue weighted by atomic mass is 10.1. The smallest absolute Gasteiger partial charge is 0.363 e. The largest absolute Gasteiger partial charge is 0.544 e. The summed E-state index contributed by atoms with van der Waals surface area (Å²) in [6.07, 6.45) is -1.34. The molecule has 12 heteroatoms. The first-order valence-electron chi connectivity index (χ1n) is 18.4. The van der Waals surface area contributed by atoms with Crippen molar-refractivity contribution < 1.29 is 42.1 Å². The quantitative estimate of drug-likeness (QED) is 0.0633. The molecule has 9 nitrogen and oxygen atoms in total. The van der Waals surface area contributed by atoms with Gasteiger partial charge in [0.2, 0.25) is 22.9 Å². The van der Waals surface area contributed by atoms with E-state index in [2.05, 4.69) is 67.7 Å². The number of ketones is 1. The number of Topliss-reactive ketones (excluding diaryl/α,β-unsaturated/α-hetero) is 1. The second-order valence-electron chi connectivity index (χ2n) is 15.0. The summed E-state index contributed by atoms with van der Waals surface area (Å²) < 4.78 is 37.8. The molecule has 0 aromatic heterocycles. The molecule has 0 aliphatic heterocycles. The Labute approximate surface area is 322 Å². The monoisotopic (exact) mass is 784 g/mol. The van der Waals surface area contributed by atoms with Crippen LogP contribution in [0.5, 0.6) is 11.5 Å². The maximum atomic E-state index is 12.3. The molecule has 0 saturated carbocycles. The van der Waals surface area contributed by atoms with Crippen molar-refractivity contribution >= 4 is 40.0 Å². The highest BCUT2D eigenvalue weighted by Gasteiger charge is 2.39. The topological polar surface area (TPSA) is 98.8 Å². The molecule has 52 heavy (non-hydrogen) atoms. The minimum Gasteiger partial charge on any atom is -0.544 e. The van der Waals surface area contributed by atoms with E-state index in [-0.39, 0.29) is 15.9 Å². The highest BCUT2D eigenvalue weighted by Crippen LogP contribution is 2.38. The van der Waals surface area contributed by atoms with E-state index in [9.17, 15) is 9.59 Å². The zero-order valence-corrected chi connectivity index (χ0v) is 37.5. The Morgan fingerprint density at radius 2 is 0.923 bits per heavy atom. The molecule has 0 aliphatic carbocycles. The van der Waals surface area contributed by atoms with Gasteiger partial charge in [0.1, 0.15) is 11.5 Å². The molecule has 0 unspecified atom stereocenters. The van der Waals surface area contributed by atoms with Crippen LogP contribution >= 0.6 is 11.6 Å². The summed E-state index contributed by atoms with van der Waals surface area (Å²) in [4.78, 5) is 23.3. The van der Waals surface area contributed by atoms with E-state index in [1.807, 2.05) is 62.4 Å². The van der Waals surface area contributed by atoms with Crippen molar-refractivity contribution in [2.75, 3.05) is 33.0 Å². The van der Waals surface area contributed by atoms with Gasteiger partial charge in [-0.3, -0.25) is 4.79 Å². The lowest BCUT2D eigenvalue weighted by Crippen LogP contribution is -2.43. The second-order valence-corrected chi connectivity index (χ2v) is 24.7. The van der Waals surface area contributed by atoms with Crippen molar-refractivity contribution in [3.8, 4) is 11.5 Å². The highest BCUT2D eigenvalue weighted by atomic mass is 35.5. The van der Waals surface area contributed by atoms with E-state index in [4.69, 9.17) is 44.1 Å². The van der Waals surface area contributed by atoms with Gasteiger partial charge in [0.05, 0.1) is 6.61 Å². The molecule has 298 valence electrons. The molecule has 0 atom stereocenters. The predicted molar refractivity (Wildman–Crippen MR) is 218 cm³/mol. The Balaban J connectivity index is 0.000000804. The molecule has 0 fully saturated rings. The molecular weight excluding hydrogens is 716 g/mol. The molecule has 2 aromatic carbocycles. The SMILES string of the molecule is CC(C)(C)[Si](C)(C)Oc1ccc(CCl)cc1.CCOC(=O)C(OCC)OCC.CCOC(OCC)C(=O)Cc1ccc(O[Si](C)(C)C(C)(C)C)cc1. The van der Waals surface area contributed by atoms with Crippen molar-refractivity contribution in [1.29, 1.82) is 0 Å². The molecule has 0 aliphatic rings. The highest BCUT2D eigenvalue weighted by molar-refractivity contribution is 6.75. The van der Waals surface area contributed by atoms with E-state index in [0.29, 0.717) is 45.3 Å². The molecule has 0 radical (unpaired) electrons. The van der Waals surface area contributed by atoms with Crippen molar-refractivity contribution in [3.05, 3.63) is 59.7 Å². The third-order valence-electron chi connectivity index (χ3n) is 8.75.